The minimum atomic E-state index is -0.769. The number of furan rings is 1. The third-order valence-corrected chi connectivity index (χ3v) is 4.23. The van der Waals surface area contributed by atoms with Gasteiger partial charge in [-0.15, -0.1) is 0 Å². The Morgan fingerprint density at radius 3 is 2.60 bits per heavy atom. The van der Waals surface area contributed by atoms with Crippen molar-refractivity contribution in [2.45, 2.75) is 19.1 Å². The lowest BCUT2D eigenvalue weighted by Crippen LogP contribution is -2.24. The molecule has 6 nitrogen and oxygen atoms in total. The smallest absolute Gasteiger partial charge is 0.196 e. The maximum absolute atomic E-state index is 10.5. The highest BCUT2D eigenvalue weighted by Crippen LogP contribution is 2.31. The Balaban J connectivity index is 1.67. The van der Waals surface area contributed by atoms with Crippen molar-refractivity contribution in [3.05, 3.63) is 60.4 Å². The van der Waals surface area contributed by atoms with Crippen molar-refractivity contribution in [1.82, 2.24) is 9.97 Å². The SMILES string of the molecule is C[C@H](Nc1ncnc2c1oc1ccccc12)[C@H](O)c1ccc(O)cc1. The van der Waals surface area contributed by atoms with E-state index < -0.39 is 6.10 Å². The van der Waals surface area contributed by atoms with Crippen LogP contribution in [0.15, 0.2) is 59.3 Å². The zero-order valence-electron chi connectivity index (χ0n) is 13.5. The fourth-order valence-electron chi connectivity index (χ4n) is 2.88. The van der Waals surface area contributed by atoms with Crippen LogP contribution in [0.2, 0.25) is 0 Å². The molecule has 6 heteroatoms. The minimum Gasteiger partial charge on any atom is -0.508 e. The van der Waals surface area contributed by atoms with E-state index in [0.717, 1.165) is 16.5 Å². The van der Waals surface area contributed by atoms with Gasteiger partial charge in [0, 0.05) is 5.39 Å². The summed E-state index contributed by atoms with van der Waals surface area (Å²) < 4.78 is 5.88. The molecule has 0 aliphatic rings. The summed E-state index contributed by atoms with van der Waals surface area (Å²) in [6.07, 6.45) is 0.710. The summed E-state index contributed by atoms with van der Waals surface area (Å²) in [5, 5.41) is 24.0. The summed E-state index contributed by atoms with van der Waals surface area (Å²) in [4.78, 5) is 8.58. The summed E-state index contributed by atoms with van der Waals surface area (Å²) in [5.74, 6) is 0.697. The molecule has 2 atom stereocenters. The first-order valence-corrected chi connectivity index (χ1v) is 7.99. The van der Waals surface area contributed by atoms with Crippen LogP contribution in [0.4, 0.5) is 5.82 Å². The maximum atomic E-state index is 10.5. The molecule has 0 radical (unpaired) electrons. The highest BCUT2D eigenvalue weighted by Gasteiger charge is 2.20. The fraction of sp³-hybridized carbons (Fsp3) is 0.158. The van der Waals surface area contributed by atoms with Crippen LogP contribution >= 0.6 is 0 Å². The predicted octanol–water partition coefficient (Wildman–Crippen LogP) is 3.62. The first-order chi connectivity index (χ1) is 12.1. The van der Waals surface area contributed by atoms with Gasteiger partial charge < -0.3 is 19.9 Å². The van der Waals surface area contributed by atoms with Gasteiger partial charge in [0.05, 0.1) is 12.1 Å². The second-order valence-electron chi connectivity index (χ2n) is 5.97. The van der Waals surface area contributed by atoms with Gasteiger partial charge in [-0.25, -0.2) is 9.97 Å². The molecule has 0 aliphatic carbocycles. The predicted molar refractivity (Wildman–Crippen MR) is 95.5 cm³/mol. The van der Waals surface area contributed by atoms with Crippen molar-refractivity contribution in [1.29, 1.82) is 0 Å². The molecule has 0 fully saturated rings. The summed E-state index contributed by atoms with van der Waals surface area (Å²) in [7, 11) is 0. The number of aliphatic hydroxyl groups is 1. The molecule has 0 saturated heterocycles. The van der Waals surface area contributed by atoms with Gasteiger partial charge in [-0.3, -0.25) is 0 Å². The molecule has 0 spiro atoms. The standard InChI is InChI=1S/C19H17N3O3/c1-11(17(24)12-6-8-13(23)9-7-12)22-19-18-16(20-10-21-19)14-4-2-3-5-15(14)25-18/h2-11,17,23-24H,1H3,(H,20,21,22)/t11-,17-/m0/s1. The van der Waals surface area contributed by atoms with E-state index in [2.05, 4.69) is 15.3 Å². The maximum Gasteiger partial charge on any atom is 0.196 e. The van der Waals surface area contributed by atoms with Gasteiger partial charge in [-0.2, -0.15) is 0 Å². The van der Waals surface area contributed by atoms with Gasteiger partial charge in [0.2, 0.25) is 0 Å². The van der Waals surface area contributed by atoms with Gasteiger partial charge in [-0.1, -0.05) is 24.3 Å². The Bertz CT molecular complexity index is 1030. The second-order valence-corrected chi connectivity index (χ2v) is 5.97. The number of aliphatic hydroxyl groups excluding tert-OH is 1. The largest absolute Gasteiger partial charge is 0.508 e. The van der Waals surface area contributed by atoms with E-state index in [0.29, 0.717) is 17.0 Å². The number of aromatic nitrogens is 2. The first kappa shape index (κ1) is 15.4. The molecule has 0 amide bonds. The van der Waals surface area contributed by atoms with Crippen molar-refractivity contribution < 1.29 is 14.6 Å². The number of fused-ring (bicyclic) bond motifs is 3. The molecule has 3 N–H and O–H groups in total. The van der Waals surface area contributed by atoms with Crippen molar-refractivity contribution >= 4 is 27.9 Å². The molecule has 2 heterocycles. The second kappa shape index (κ2) is 6.07. The third kappa shape index (κ3) is 2.77. The quantitative estimate of drug-likeness (QED) is 0.528. The van der Waals surface area contributed by atoms with Gasteiger partial charge in [0.1, 0.15) is 23.2 Å². The Morgan fingerprint density at radius 2 is 1.80 bits per heavy atom. The average Bonchev–Trinajstić information content (AvgIpc) is 3.01. The number of aromatic hydroxyl groups is 1. The molecule has 126 valence electrons. The van der Waals surface area contributed by atoms with E-state index in [9.17, 15) is 10.2 Å². The van der Waals surface area contributed by atoms with E-state index in [1.165, 1.54) is 6.33 Å². The Morgan fingerprint density at radius 1 is 1.04 bits per heavy atom. The van der Waals surface area contributed by atoms with Crippen LogP contribution in [0.5, 0.6) is 5.75 Å². The summed E-state index contributed by atoms with van der Waals surface area (Å²) in [5.41, 5.74) is 2.74. The van der Waals surface area contributed by atoms with Crippen LogP contribution in [0.3, 0.4) is 0 Å². The monoisotopic (exact) mass is 335 g/mol. The summed E-state index contributed by atoms with van der Waals surface area (Å²) >= 11 is 0. The number of nitrogens with one attached hydrogen (secondary N) is 1. The van der Waals surface area contributed by atoms with Gasteiger partial charge in [-0.05, 0) is 36.8 Å². The Labute approximate surface area is 143 Å². The Kier molecular flexibility index (Phi) is 3.74. The van der Waals surface area contributed by atoms with E-state index in [1.807, 2.05) is 31.2 Å². The lowest BCUT2D eigenvalue weighted by Gasteiger charge is -2.21. The van der Waals surface area contributed by atoms with Crippen LogP contribution < -0.4 is 5.32 Å². The number of anilines is 1. The van der Waals surface area contributed by atoms with Crippen LogP contribution in [0, 0.1) is 0 Å². The molecule has 4 rings (SSSR count). The molecule has 0 bridgehead atoms. The average molecular weight is 335 g/mol. The number of benzene rings is 2. The number of rotatable bonds is 4. The molecular formula is C19H17N3O3. The number of nitrogens with zero attached hydrogens (tertiary/aromatic N) is 2. The fourth-order valence-corrected chi connectivity index (χ4v) is 2.88. The molecule has 4 aromatic rings. The lowest BCUT2D eigenvalue weighted by molar-refractivity contribution is 0.160. The van der Waals surface area contributed by atoms with E-state index in [-0.39, 0.29) is 11.8 Å². The molecule has 2 aromatic heterocycles. The summed E-state index contributed by atoms with van der Waals surface area (Å²) in [6.45, 7) is 1.86. The van der Waals surface area contributed by atoms with Crippen molar-refractivity contribution in [2.24, 2.45) is 0 Å². The normalized spacial score (nSPS) is 13.8. The molecular weight excluding hydrogens is 318 g/mol. The van der Waals surface area contributed by atoms with Crippen molar-refractivity contribution in [3.8, 4) is 5.75 Å². The van der Waals surface area contributed by atoms with E-state index in [4.69, 9.17) is 4.42 Å². The molecule has 0 aliphatic heterocycles. The number of hydrogen-bond acceptors (Lipinski definition) is 6. The number of phenolic OH excluding ortho intramolecular Hbond substituents is 1. The molecule has 25 heavy (non-hydrogen) atoms. The van der Waals surface area contributed by atoms with E-state index in [1.54, 1.807) is 24.3 Å². The number of para-hydroxylation sites is 1. The van der Waals surface area contributed by atoms with Crippen LogP contribution in [0.1, 0.15) is 18.6 Å². The van der Waals surface area contributed by atoms with Crippen LogP contribution in [0.25, 0.3) is 22.1 Å². The lowest BCUT2D eigenvalue weighted by atomic mass is 10.0. The van der Waals surface area contributed by atoms with Gasteiger partial charge in [0.15, 0.2) is 11.4 Å². The minimum absolute atomic E-state index is 0.163. The van der Waals surface area contributed by atoms with Crippen molar-refractivity contribution in [2.75, 3.05) is 5.32 Å². The van der Waals surface area contributed by atoms with Gasteiger partial charge in [0.25, 0.3) is 0 Å². The van der Waals surface area contributed by atoms with Crippen molar-refractivity contribution in [3.63, 3.8) is 0 Å². The Hall–Kier alpha value is -3.12. The molecule has 0 saturated carbocycles. The highest BCUT2D eigenvalue weighted by molar-refractivity contribution is 6.05. The molecule has 0 unspecified atom stereocenters. The molecule has 2 aromatic carbocycles. The third-order valence-electron chi connectivity index (χ3n) is 4.23. The highest BCUT2D eigenvalue weighted by atomic mass is 16.3. The van der Waals surface area contributed by atoms with Gasteiger partial charge >= 0.3 is 0 Å². The van der Waals surface area contributed by atoms with Crippen LogP contribution in [-0.4, -0.2) is 26.2 Å². The van der Waals surface area contributed by atoms with Crippen LogP contribution in [-0.2, 0) is 0 Å². The van der Waals surface area contributed by atoms with E-state index >= 15 is 0 Å². The topological polar surface area (TPSA) is 91.4 Å². The number of hydrogen-bond donors (Lipinski definition) is 3. The zero-order chi connectivity index (χ0) is 17.4. The zero-order valence-corrected chi connectivity index (χ0v) is 13.5. The number of phenols is 1. The summed E-state index contributed by atoms with van der Waals surface area (Å²) in [6, 6.07) is 13.8. The first-order valence-electron chi connectivity index (χ1n) is 7.99.